The van der Waals surface area contributed by atoms with Crippen LogP contribution in [0.15, 0.2) is 21.2 Å². The van der Waals surface area contributed by atoms with Gasteiger partial charge in [-0.25, -0.2) is 0 Å². The Kier molecular flexibility index (Phi) is 5.40. The zero-order valence-electron chi connectivity index (χ0n) is 9.72. The normalized spacial score (nSPS) is 15.2. The Balaban J connectivity index is 2.50. The molecule has 1 N–H and O–H groups in total. The monoisotopic (exact) mass is 273 g/mol. The van der Waals surface area contributed by atoms with Gasteiger partial charge in [0.15, 0.2) is 4.67 Å². The Morgan fingerprint density at radius 1 is 1.40 bits per heavy atom. The summed E-state index contributed by atoms with van der Waals surface area (Å²) in [6, 6.07) is 4.83. The summed E-state index contributed by atoms with van der Waals surface area (Å²) in [5.74, 6) is 0.997. The summed E-state index contributed by atoms with van der Waals surface area (Å²) in [6.45, 7) is 6.58. The molecule has 2 unspecified atom stereocenters. The molecule has 1 aromatic heterocycles. The van der Waals surface area contributed by atoms with Crippen molar-refractivity contribution in [3.8, 4) is 0 Å². The van der Waals surface area contributed by atoms with Gasteiger partial charge in [-0.15, -0.1) is 0 Å². The molecule has 1 aromatic rings. The van der Waals surface area contributed by atoms with E-state index in [9.17, 15) is 0 Å². The Labute approximate surface area is 101 Å². The molecule has 86 valence electrons. The predicted octanol–water partition coefficient (Wildman–Crippen LogP) is 4.27. The maximum absolute atomic E-state index is 5.52. The lowest BCUT2D eigenvalue weighted by Gasteiger charge is -2.20. The smallest absolute Gasteiger partial charge is 0.169 e. The summed E-state index contributed by atoms with van der Waals surface area (Å²) < 4.78 is 6.32. The Bertz CT molecular complexity index is 285. The van der Waals surface area contributed by atoms with E-state index in [-0.39, 0.29) is 6.04 Å². The lowest BCUT2D eigenvalue weighted by Crippen LogP contribution is -2.30. The molecular formula is C12H20BrNO. The van der Waals surface area contributed by atoms with Gasteiger partial charge in [0.2, 0.25) is 0 Å². The molecule has 0 amide bonds. The summed E-state index contributed by atoms with van der Waals surface area (Å²) in [4.78, 5) is 0. The zero-order chi connectivity index (χ0) is 11.3. The van der Waals surface area contributed by atoms with Crippen LogP contribution in [-0.2, 0) is 0 Å². The van der Waals surface area contributed by atoms with Crippen LogP contribution in [0.25, 0.3) is 0 Å². The number of rotatable bonds is 6. The lowest BCUT2D eigenvalue weighted by atomic mass is 10.1. The van der Waals surface area contributed by atoms with Crippen LogP contribution in [0.3, 0.4) is 0 Å². The van der Waals surface area contributed by atoms with E-state index in [4.69, 9.17) is 4.42 Å². The highest BCUT2D eigenvalue weighted by Crippen LogP contribution is 2.21. The van der Waals surface area contributed by atoms with Crippen molar-refractivity contribution in [1.82, 2.24) is 5.32 Å². The molecule has 0 aliphatic heterocycles. The highest BCUT2D eigenvalue weighted by atomic mass is 79.9. The fraction of sp³-hybridized carbons (Fsp3) is 0.667. The molecule has 1 rings (SSSR count). The molecule has 0 radical (unpaired) electrons. The van der Waals surface area contributed by atoms with Crippen molar-refractivity contribution in [3.63, 3.8) is 0 Å². The van der Waals surface area contributed by atoms with Crippen molar-refractivity contribution in [1.29, 1.82) is 0 Å². The van der Waals surface area contributed by atoms with Crippen LogP contribution in [0.2, 0.25) is 0 Å². The summed E-state index contributed by atoms with van der Waals surface area (Å²) in [5.41, 5.74) is 0. The highest BCUT2D eigenvalue weighted by molar-refractivity contribution is 9.10. The van der Waals surface area contributed by atoms with Crippen LogP contribution in [0.1, 0.15) is 51.8 Å². The molecule has 1 heterocycles. The number of hydrogen-bond acceptors (Lipinski definition) is 2. The standard InChI is InChI=1S/C12H20BrNO/c1-4-6-10(5-2)14-9(3)11-7-8-12(13)15-11/h7-10,14H,4-6H2,1-3H3. The Morgan fingerprint density at radius 3 is 2.60 bits per heavy atom. The first-order valence-electron chi connectivity index (χ1n) is 5.68. The molecule has 0 fully saturated rings. The van der Waals surface area contributed by atoms with E-state index in [1.807, 2.05) is 12.1 Å². The maximum atomic E-state index is 5.52. The molecule has 2 nitrogen and oxygen atoms in total. The van der Waals surface area contributed by atoms with E-state index < -0.39 is 0 Å². The van der Waals surface area contributed by atoms with E-state index in [0.29, 0.717) is 6.04 Å². The van der Waals surface area contributed by atoms with Crippen molar-refractivity contribution >= 4 is 15.9 Å². The maximum Gasteiger partial charge on any atom is 0.169 e. The van der Waals surface area contributed by atoms with E-state index in [1.54, 1.807) is 0 Å². The number of halogens is 1. The second-order valence-corrected chi connectivity index (χ2v) is 4.71. The summed E-state index contributed by atoms with van der Waals surface area (Å²) in [7, 11) is 0. The number of furan rings is 1. The highest BCUT2D eigenvalue weighted by Gasteiger charge is 2.13. The van der Waals surface area contributed by atoms with Gasteiger partial charge < -0.3 is 9.73 Å². The average molecular weight is 274 g/mol. The quantitative estimate of drug-likeness (QED) is 0.838. The summed E-state index contributed by atoms with van der Waals surface area (Å²) in [6.07, 6.45) is 3.61. The average Bonchev–Trinajstić information content (AvgIpc) is 2.64. The molecule has 2 atom stereocenters. The zero-order valence-corrected chi connectivity index (χ0v) is 11.3. The minimum Gasteiger partial charge on any atom is -0.453 e. The van der Waals surface area contributed by atoms with E-state index in [0.717, 1.165) is 10.4 Å². The first-order valence-corrected chi connectivity index (χ1v) is 6.47. The minimum absolute atomic E-state index is 0.285. The molecule has 0 aliphatic carbocycles. The molecule has 0 bridgehead atoms. The third-order valence-corrected chi connectivity index (χ3v) is 3.06. The molecule has 0 aliphatic rings. The van der Waals surface area contributed by atoms with Gasteiger partial charge in [-0.2, -0.15) is 0 Å². The van der Waals surface area contributed by atoms with Gasteiger partial charge >= 0.3 is 0 Å². The molecule has 0 spiro atoms. The molecule has 3 heteroatoms. The third-order valence-electron chi connectivity index (χ3n) is 2.64. The van der Waals surface area contributed by atoms with Crippen molar-refractivity contribution in [2.45, 2.75) is 52.1 Å². The SMILES string of the molecule is CCCC(CC)NC(C)c1ccc(Br)o1. The summed E-state index contributed by atoms with van der Waals surface area (Å²) >= 11 is 3.32. The molecule has 0 saturated heterocycles. The van der Waals surface area contributed by atoms with Crippen LogP contribution < -0.4 is 5.32 Å². The van der Waals surface area contributed by atoms with Crippen molar-refractivity contribution < 1.29 is 4.42 Å². The Morgan fingerprint density at radius 2 is 2.13 bits per heavy atom. The van der Waals surface area contributed by atoms with Gasteiger partial charge in [-0.3, -0.25) is 0 Å². The number of hydrogen-bond donors (Lipinski definition) is 1. The van der Waals surface area contributed by atoms with Gasteiger partial charge in [0.1, 0.15) is 5.76 Å². The second kappa shape index (κ2) is 6.33. The summed E-state index contributed by atoms with van der Waals surface area (Å²) in [5, 5.41) is 3.58. The van der Waals surface area contributed by atoms with Crippen molar-refractivity contribution in [3.05, 3.63) is 22.6 Å². The van der Waals surface area contributed by atoms with Gasteiger partial charge in [-0.1, -0.05) is 20.3 Å². The molecule has 0 saturated carbocycles. The van der Waals surface area contributed by atoms with Gasteiger partial charge in [0, 0.05) is 6.04 Å². The first-order chi connectivity index (χ1) is 7.17. The van der Waals surface area contributed by atoms with Crippen LogP contribution >= 0.6 is 15.9 Å². The van der Waals surface area contributed by atoms with Gasteiger partial charge in [0.25, 0.3) is 0 Å². The van der Waals surface area contributed by atoms with Gasteiger partial charge in [0.05, 0.1) is 6.04 Å². The molecule has 15 heavy (non-hydrogen) atoms. The van der Waals surface area contributed by atoms with Crippen molar-refractivity contribution in [2.24, 2.45) is 0 Å². The number of nitrogens with one attached hydrogen (secondary N) is 1. The van der Waals surface area contributed by atoms with E-state index in [2.05, 4.69) is 42.0 Å². The predicted molar refractivity (Wildman–Crippen MR) is 66.9 cm³/mol. The Hall–Kier alpha value is -0.280. The van der Waals surface area contributed by atoms with Crippen LogP contribution in [0.5, 0.6) is 0 Å². The van der Waals surface area contributed by atoms with Crippen molar-refractivity contribution in [2.75, 3.05) is 0 Å². The second-order valence-electron chi connectivity index (χ2n) is 3.92. The van der Waals surface area contributed by atoms with Crippen LogP contribution in [0.4, 0.5) is 0 Å². The van der Waals surface area contributed by atoms with Crippen LogP contribution in [0, 0.1) is 0 Å². The fourth-order valence-electron chi connectivity index (χ4n) is 1.75. The molecular weight excluding hydrogens is 254 g/mol. The molecule has 0 aromatic carbocycles. The van der Waals surface area contributed by atoms with Crippen LogP contribution in [-0.4, -0.2) is 6.04 Å². The first kappa shape index (κ1) is 12.8. The van der Waals surface area contributed by atoms with E-state index >= 15 is 0 Å². The van der Waals surface area contributed by atoms with Gasteiger partial charge in [-0.05, 0) is 47.8 Å². The lowest BCUT2D eigenvalue weighted by molar-refractivity contribution is 0.362. The van der Waals surface area contributed by atoms with E-state index in [1.165, 1.54) is 19.3 Å². The topological polar surface area (TPSA) is 25.2 Å². The largest absolute Gasteiger partial charge is 0.453 e. The third kappa shape index (κ3) is 3.99. The fourth-order valence-corrected chi connectivity index (χ4v) is 2.07. The minimum atomic E-state index is 0.285.